The molecule has 0 radical (unpaired) electrons. The number of para-hydroxylation sites is 2. The molecule has 0 saturated carbocycles. The molecule has 0 bridgehead atoms. The Kier molecular flexibility index (Phi) is 5.74. The quantitative estimate of drug-likeness (QED) is 0.398. The number of nitrogens with zero attached hydrogens (tertiary/aromatic N) is 2. The van der Waals surface area contributed by atoms with E-state index >= 15 is 0 Å². The first-order valence-electron chi connectivity index (χ1n) is 9.81. The molecule has 1 amide bonds. The molecule has 0 aliphatic rings. The maximum absolute atomic E-state index is 13.0. The third kappa shape index (κ3) is 4.84. The summed E-state index contributed by atoms with van der Waals surface area (Å²) in [4.78, 5) is 20.1. The summed E-state index contributed by atoms with van der Waals surface area (Å²) in [6, 6.07) is 20.8. The summed E-state index contributed by atoms with van der Waals surface area (Å²) in [5.74, 6) is -0.135. The maximum atomic E-state index is 13.0. The number of hydrogen-bond acceptors (Lipinski definition) is 6. The normalized spacial score (nSPS) is 11.3. The van der Waals surface area contributed by atoms with Gasteiger partial charge in [0.1, 0.15) is 0 Å². The molecular formula is C23H21N5O3S. The molecule has 0 spiro atoms. The fourth-order valence-corrected chi connectivity index (χ4v) is 4.11. The lowest BCUT2D eigenvalue weighted by Gasteiger charge is -2.14. The van der Waals surface area contributed by atoms with Crippen LogP contribution >= 0.6 is 0 Å². The molecule has 0 saturated heterocycles. The van der Waals surface area contributed by atoms with Crippen LogP contribution in [0.2, 0.25) is 0 Å². The van der Waals surface area contributed by atoms with Crippen LogP contribution in [0.1, 0.15) is 11.1 Å². The highest BCUT2D eigenvalue weighted by molar-refractivity contribution is 7.92. The van der Waals surface area contributed by atoms with Crippen LogP contribution in [0.5, 0.6) is 0 Å². The predicted octanol–water partition coefficient (Wildman–Crippen LogP) is 3.51. The van der Waals surface area contributed by atoms with Crippen molar-refractivity contribution in [2.24, 2.45) is 5.73 Å². The first-order chi connectivity index (χ1) is 15.3. The first kappa shape index (κ1) is 21.3. The van der Waals surface area contributed by atoms with E-state index in [0.29, 0.717) is 16.6 Å². The highest BCUT2D eigenvalue weighted by atomic mass is 32.2. The Labute approximate surface area is 185 Å². The second-order valence-electron chi connectivity index (χ2n) is 7.29. The lowest BCUT2D eigenvalue weighted by molar-refractivity contribution is -0.117. The Balaban J connectivity index is 1.70. The van der Waals surface area contributed by atoms with E-state index in [1.165, 1.54) is 12.1 Å². The van der Waals surface area contributed by atoms with Crippen LogP contribution < -0.4 is 15.8 Å². The SMILES string of the molecule is Cc1ccc(Nc2nc3ccccc3nc2NS(=O)(=O)c2ccc(CC(N)=O)cc2)cc1. The van der Waals surface area contributed by atoms with Gasteiger partial charge in [-0.15, -0.1) is 0 Å². The average molecular weight is 448 g/mol. The van der Waals surface area contributed by atoms with Gasteiger partial charge >= 0.3 is 0 Å². The molecule has 4 aromatic rings. The topological polar surface area (TPSA) is 127 Å². The number of nitrogens with two attached hydrogens (primary N) is 1. The van der Waals surface area contributed by atoms with Crippen LogP contribution in [0.15, 0.2) is 77.7 Å². The number of sulfonamides is 1. The number of aryl methyl sites for hydroxylation is 1. The summed E-state index contributed by atoms with van der Waals surface area (Å²) in [6.45, 7) is 1.98. The van der Waals surface area contributed by atoms with Crippen LogP contribution in [-0.4, -0.2) is 24.3 Å². The smallest absolute Gasteiger partial charge is 0.263 e. The Morgan fingerprint density at radius 1 is 0.875 bits per heavy atom. The van der Waals surface area contributed by atoms with Gasteiger partial charge in [0.05, 0.1) is 22.3 Å². The number of carbonyl (C=O) groups excluding carboxylic acids is 1. The van der Waals surface area contributed by atoms with Gasteiger partial charge in [0.15, 0.2) is 11.6 Å². The number of benzene rings is 3. The minimum atomic E-state index is -3.96. The van der Waals surface area contributed by atoms with Crippen molar-refractivity contribution in [1.82, 2.24) is 9.97 Å². The van der Waals surface area contributed by atoms with Crippen molar-refractivity contribution in [1.29, 1.82) is 0 Å². The molecule has 4 N–H and O–H groups in total. The van der Waals surface area contributed by atoms with Gasteiger partial charge in [-0.25, -0.2) is 18.4 Å². The summed E-state index contributed by atoms with van der Waals surface area (Å²) >= 11 is 0. The zero-order valence-electron chi connectivity index (χ0n) is 17.2. The molecule has 1 heterocycles. The summed E-state index contributed by atoms with van der Waals surface area (Å²) in [6.07, 6.45) is 0.0362. The van der Waals surface area contributed by atoms with Gasteiger partial charge in [0.2, 0.25) is 5.91 Å². The number of carbonyl (C=O) groups is 1. The summed E-state index contributed by atoms with van der Waals surface area (Å²) in [7, 11) is -3.96. The van der Waals surface area contributed by atoms with Crippen molar-refractivity contribution in [2.75, 3.05) is 10.0 Å². The highest BCUT2D eigenvalue weighted by Gasteiger charge is 2.19. The lowest BCUT2D eigenvalue weighted by Crippen LogP contribution is -2.16. The lowest BCUT2D eigenvalue weighted by atomic mass is 10.1. The summed E-state index contributed by atoms with van der Waals surface area (Å²) in [5.41, 5.74) is 8.84. The van der Waals surface area contributed by atoms with Crippen LogP contribution in [0.3, 0.4) is 0 Å². The molecule has 9 heteroatoms. The van der Waals surface area contributed by atoms with Gasteiger partial charge in [-0.2, -0.15) is 0 Å². The van der Waals surface area contributed by atoms with Gasteiger partial charge in [0.25, 0.3) is 10.0 Å². The van der Waals surface area contributed by atoms with Gasteiger partial charge < -0.3 is 11.1 Å². The van der Waals surface area contributed by atoms with Crippen molar-refractivity contribution < 1.29 is 13.2 Å². The molecular weight excluding hydrogens is 426 g/mol. The van der Waals surface area contributed by atoms with Crippen molar-refractivity contribution in [3.63, 3.8) is 0 Å². The van der Waals surface area contributed by atoms with E-state index in [1.54, 1.807) is 30.3 Å². The van der Waals surface area contributed by atoms with Crippen LogP contribution in [0, 0.1) is 6.92 Å². The molecule has 3 aromatic carbocycles. The molecule has 162 valence electrons. The third-order valence-electron chi connectivity index (χ3n) is 4.73. The molecule has 0 aliphatic heterocycles. The van der Waals surface area contributed by atoms with Crippen molar-refractivity contribution in [3.8, 4) is 0 Å². The highest BCUT2D eigenvalue weighted by Crippen LogP contribution is 2.27. The number of fused-ring (bicyclic) bond motifs is 1. The van der Waals surface area contributed by atoms with Crippen molar-refractivity contribution in [3.05, 3.63) is 83.9 Å². The third-order valence-corrected chi connectivity index (χ3v) is 6.08. The zero-order chi connectivity index (χ0) is 22.7. The standard InChI is InChI=1S/C23H21N5O3S/c1-15-6-10-17(11-7-15)25-22-23(27-20-5-3-2-4-19(20)26-22)28-32(30,31)18-12-8-16(9-13-18)14-21(24)29/h2-13H,14H2,1H3,(H2,24,29)(H,25,26)(H,27,28). The van der Waals surface area contributed by atoms with Crippen LogP contribution in [-0.2, 0) is 21.2 Å². The number of rotatable bonds is 7. The molecule has 4 rings (SSSR count). The first-order valence-corrected chi connectivity index (χ1v) is 11.3. The number of anilines is 3. The number of hydrogen-bond donors (Lipinski definition) is 3. The van der Waals surface area contributed by atoms with Crippen LogP contribution in [0.4, 0.5) is 17.3 Å². The molecule has 0 unspecified atom stereocenters. The van der Waals surface area contributed by atoms with Crippen LogP contribution in [0.25, 0.3) is 11.0 Å². The van der Waals surface area contributed by atoms with E-state index < -0.39 is 15.9 Å². The minimum absolute atomic E-state index is 0.0296. The second-order valence-corrected chi connectivity index (χ2v) is 8.98. The van der Waals surface area contributed by atoms with Gasteiger partial charge in [-0.05, 0) is 48.9 Å². The Morgan fingerprint density at radius 2 is 1.47 bits per heavy atom. The molecule has 0 atom stereocenters. The Morgan fingerprint density at radius 3 is 2.06 bits per heavy atom. The second kappa shape index (κ2) is 8.64. The molecule has 1 aromatic heterocycles. The van der Waals surface area contributed by atoms with E-state index in [0.717, 1.165) is 11.3 Å². The minimum Gasteiger partial charge on any atom is -0.369 e. The average Bonchev–Trinajstić information content (AvgIpc) is 2.75. The monoisotopic (exact) mass is 447 g/mol. The molecule has 0 fully saturated rings. The zero-order valence-corrected chi connectivity index (χ0v) is 18.1. The van der Waals surface area contributed by atoms with E-state index in [9.17, 15) is 13.2 Å². The molecule has 32 heavy (non-hydrogen) atoms. The van der Waals surface area contributed by atoms with Gasteiger partial charge in [-0.3, -0.25) is 9.52 Å². The Hall–Kier alpha value is -3.98. The summed E-state index contributed by atoms with van der Waals surface area (Å²) < 4.78 is 28.6. The fourth-order valence-electron chi connectivity index (χ4n) is 3.11. The largest absolute Gasteiger partial charge is 0.369 e. The number of aromatic nitrogens is 2. The summed E-state index contributed by atoms with van der Waals surface area (Å²) in [5, 5.41) is 3.14. The number of nitrogens with one attached hydrogen (secondary N) is 2. The van der Waals surface area contributed by atoms with Gasteiger partial charge in [0, 0.05) is 5.69 Å². The predicted molar refractivity (Wildman–Crippen MR) is 124 cm³/mol. The van der Waals surface area contributed by atoms with Crippen molar-refractivity contribution >= 4 is 44.3 Å². The number of primary amides is 1. The molecule has 8 nitrogen and oxygen atoms in total. The maximum Gasteiger partial charge on any atom is 0.263 e. The van der Waals surface area contributed by atoms with E-state index in [-0.39, 0.29) is 23.0 Å². The van der Waals surface area contributed by atoms with E-state index in [4.69, 9.17) is 5.73 Å². The Bertz CT molecular complexity index is 1390. The van der Waals surface area contributed by atoms with Crippen molar-refractivity contribution in [2.45, 2.75) is 18.2 Å². The van der Waals surface area contributed by atoms with E-state index in [2.05, 4.69) is 20.0 Å². The van der Waals surface area contributed by atoms with E-state index in [1.807, 2.05) is 37.3 Å². The molecule has 0 aliphatic carbocycles. The fraction of sp³-hybridized carbons (Fsp3) is 0.0870. The van der Waals surface area contributed by atoms with Gasteiger partial charge in [-0.1, -0.05) is 42.0 Å². The number of amides is 1.